The van der Waals surface area contributed by atoms with Crippen LogP contribution >= 0.6 is 0 Å². The highest BCUT2D eigenvalue weighted by molar-refractivity contribution is 5.70. The quantitative estimate of drug-likeness (QED) is 0.283. The van der Waals surface area contributed by atoms with Gasteiger partial charge < -0.3 is 23.7 Å². The monoisotopic (exact) mass is 561 g/mol. The van der Waals surface area contributed by atoms with E-state index in [4.69, 9.17) is 18.9 Å². The topological polar surface area (TPSA) is 93.9 Å². The fourth-order valence-corrected chi connectivity index (χ4v) is 4.24. The first kappa shape index (κ1) is 28.0. The normalized spacial score (nSPS) is 17.1. The molecule has 1 aliphatic rings. The molecule has 0 radical (unpaired) electrons. The van der Waals surface area contributed by atoms with Crippen LogP contribution in [0.2, 0.25) is 0 Å². The number of esters is 1. The van der Waals surface area contributed by atoms with Gasteiger partial charge in [0.2, 0.25) is 5.82 Å². The van der Waals surface area contributed by atoms with Gasteiger partial charge in [-0.15, -0.1) is 23.4 Å². The van der Waals surface area contributed by atoms with Crippen LogP contribution in [0.3, 0.4) is 0 Å². The number of benzene rings is 2. The van der Waals surface area contributed by atoms with E-state index >= 15 is 0 Å². The second-order valence-corrected chi connectivity index (χ2v) is 8.08. The van der Waals surface area contributed by atoms with E-state index in [0.29, 0.717) is 4.57 Å². The molecule has 0 aliphatic carbocycles. The molecule has 0 unspecified atom stereocenters. The Morgan fingerprint density at radius 2 is 1.77 bits per heavy atom. The zero-order valence-electron chi connectivity index (χ0n) is 20.6. The molecule has 0 bridgehead atoms. The van der Waals surface area contributed by atoms with Gasteiger partial charge in [-0.05, 0) is 31.2 Å². The van der Waals surface area contributed by atoms with E-state index in [1.165, 1.54) is 39.3 Å². The molecule has 0 fully saturated rings. The average Bonchev–Trinajstić information content (AvgIpc) is 3.26. The van der Waals surface area contributed by atoms with Gasteiger partial charge in [-0.25, -0.2) is 0 Å². The van der Waals surface area contributed by atoms with Crippen molar-refractivity contribution in [3.63, 3.8) is 0 Å². The molecular formula is C24H21F6N3O6. The summed E-state index contributed by atoms with van der Waals surface area (Å²) < 4.78 is 108. The summed E-state index contributed by atoms with van der Waals surface area (Å²) in [5.74, 6) is -3.10. The van der Waals surface area contributed by atoms with Crippen LogP contribution in [0.25, 0.3) is 5.69 Å². The highest BCUT2D eigenvalue weighted by Crippen LogP contribution is 2.48. The van der Waals surface area contributed by atoms with E-state index in [-0.39, 0.29) is 34.9 Å². The van der Waals surface area contributed by atoms with Crippen molar-refractivity contribution < 1.29 is 54.8 Å². The Balaban J connectivity index is 2.02. The van der Waals surface area contributed by atoms with E-state index in [9.17, 15) is 31.1 Å². The fraction of sp³-hybridized carbons (Fsp3) is 0.375. The van der Waals surface area contributed by atoms with Gasteiger partial charge in [0.05, 0.1) is 32.9 Å². The smallest absolute Gasteiger partial charge is 0.493 e. The number of hydrogen-bond acceptors (Lipinski definition) is 8. The van der Waals surface area contributed by atoms with Crippen LogP contribution < -0.4 is 14.2 Å². The fourth-order valence-electron chi connectivity index (χ4n) is 4.24. The molecule has 1 aliphatic heterocycles. The number of aromatic nitrogens is 3. The molecule has 2 atom stereocenters. The molecule has 15 heteroatoms. The van der Waals surface area contributed by atoms with Gasteiger partial charge in [0.25, 0.3) is 0 Å². The highest BCUT2D eigenvalue weighted by Gasteiger charge is 2.44. The maximum Gasteiger partial charge on any atom is 0.573 e. The summed E-state index contributed by atoms with van der Waals surface area (Å²) >= 11 is 0. The number of fused-ring (bicyclic) bond motifs is 3. The van der Waals surface area contributed by atoms with E-state index in [1.807, 2.05) is 0 Å². The molecular weight excluding hydrogens is 540 g/mol. The third kappa shape index (κ3) is 5.72. The number of methoxy groups -OCH3 is 2. The van der Waals surface area contributed by atoms with Crippen molar-refractivity contribution in [1.29, 1.82) is 0 Å². The summed E-state index contributed by atoms with van der Waals surface area (Å²) in [4.78, 5) is 12.4. The molecule has 2 aromatic carbocycles. The van der Waals surface area contributed by atoms with Crippen molar-refractivity contribution in [3.05, 3.63) is 59.2 Å². The number of halogens is 6. The van der Waals surface area contributed by atoms with E-state index < -0.39 is 54.5 Å². The Bertz CT molecular complexity index is 1360. The molecule has 210 valence electrons. The number of rotatable bonds is 7. The number of ether oxygens (including phenoxy) is 5. The number of para-hydroxylation sites is 1. The molecule has 0 saturated carbocycles. The Morgan fingerprint density at radius 1 is 1.03 bits per heavy atom. The lowest BCUT2D eigenvalue weighted by molar-refractivity contribution is -0.274. The van der Waals surface area contributed by atoms with Crippen LogP contribution in [-0.2, 0) is 20.4 Å². The number of nitrogens with zero attached hydrogens (tertiary/aromatic N) is 3. The molecule has 9 nitrogen and oxygen atoms in total. The number of carbonyl (C=O) groups excluding carboxylic acids is 1. The predicted octanol–water partition coefficient (Wildman–Crippen LogP) is 5.32. The van der Waals surface area contributed by atoms with Crippen LogP contribution in [-0.4, -0.2) is 47.9 Å². The van der Waals surface area contributed by atoms with Gasteiger partial charge in [-0.3, -0.25) is 9.36 Å². The standard InChI is InChI=1S/C24H21F6N3O6/c1-4-37-18(34)11-17-21-31-32-22(23(25,26)27)33(21)15-9-8-12(39-24(28,29)30)10-14(15)19(38-17)13-6-5-7-16(35-2)20(13)36-3/h5-10,17,19H,4,11H2,1-3H3/t17-,19-/m0/s1. The molecule has 1 aromatic heterocycles. The molecule has 0 spiro atoms. The predicted molar refractivity (Wildman–Crippen MR) is 120 cm³/mol. The van der Waals surface area contributed by atoms with Crippen LogP contribution in [0.1, 0.15) is 48.3 Å². The van der Waals surface area contributed by atoms with Gasteiger partial charge >= 0.3 is 18.5 Å². The van der Waals surface area contributed by atoms with Crippen molar-refractivity contribution in [2.75, 3.05) is 20.8 Å². The largest absolute Gasteiger partial charge is 0.573 e. The molecule has 0 saturated heterocycles. The van der Waals surface area contributed by atoms with Gasteiger partial charge in [0.1, 0.15) is 18.0 Å². The minimum atomic E-state index is -5.09. The van der Waals surface area contributed by atoms with Crippen LogP contribution in [0, 0.1) is 0 Å². The third-order valence-electron chi connectivity index (χ3n) is 5.66. The summed E-state index contributed by atoms with van der Waals surface area (Å²) in [5, 5.41) is 6.91. The Kier molecular flexibility index (Phi) is 7.63. The van der Waals surface area contributed by atoms with Gasteiger partial charge in [-0.2, -0.15) is 13.2 Å². The number of alkyl halides is 6. The summed E-state index contributed by atoms with van der Waals surface area (Å²) in [5.41, 5.74) is -0.248. The molecule has 3 aromatic rings. The van der Waals surface area contributed by atoms with Crippen molar-refractivity contribution in [1.82, 2.24) is 14.8 Å². The van der Waals surface area contributed by atoms with Gasteiger partial charge in [0, 0.05) is 11.1 Å². The lowest BCUT2D eigenvalue weighted by atomic mass is 9.97. The first-order chi connectivity index (χ1) is 18.4. The lowest BCUT2D eigenvalue weighted by Gasteiger charge is -2.25. The maximum atomic E-state index is 14.0. The second-order valence-electron chi connectivity index (χ2n) is 8.08. The molecule has 39 heavy (non-hydrogen) atoms. The molecule has 2 heterocycles. The number of hydrogen-bond donors (Lipinski definition) is 0. The van der Waals surface area contributed by atoms with Crippen molar-refractivity contribution in [2.45, 2.75) is 38.1 Å². The Hall–Kier alpha value is -4.01. The van der Waals surface area contributed by atoms with E-state index in [1.54, 1.807) is 0 Å². The SMILES string of the molecule is CCOC(=O)C[C@@H]1O[C@@H](c2cccc(OC)c2OC)c2cc(OC(F)(F)F)ccc2-n2c1nnc2C(F)(F)F. The van der Waals surface area contributed by atoms with Crippen LogP contribution in [0.15, 0.2) is 36.4 Å². The van der Waals surface area contributed by atoms with Crippen molar-refractivity contribution in [2.24, 2.45) is 0 Å². The van der Waals surface area contributed by atoms with Crippen LogP contribution in [0.5, 0.6) is 17.2 Å². The molecule has 0 N–H and O–H groups in total. The maximum absolute atomic E-state index is 14.0. The lowest BCUT2D eigenvalue weighted by Crippen LogP contribution is -2.18. The minimum absolute atomic E-state index is 0.0163. The summed E-state index contributed by atoms with van der Waals surface area (Å²) in [6.07, 6.45) is -13.5. The highest BCUT2D eigenvalue weighted by atomic mass is 19.4. The van der Waals surface area contributed by atoms with Crippen LogP contribution in [0.4, 0.5) is 26.3 Å². The summed E-state index contributed by atoms with van der Waals surface area (Å²) in [7, 11) is 2.65. The van der Waals surface area contributed by atoms with Crippen molar-refractivity contribution in [3.8, 4) is 22.9 Å². The Labute approximate surface area is 217 Å². The summed E-state index contributed by atoms with van der Waals surface area (Å²) in [6, 6.07) is 7.29. The van der Waals surface area contributed by atoms with Gasteiger partial charge in [-0.1, -0.05) is 12.1 Å². The summed E-state index contributed by atoms with van der Waals surface area (Å²) in [6.45, 7) is 1.52. The number of carbonyl (C=O) groups is 1. The zero-order valence-corrected chi connectivity index (χ0v) is 20.6. The minimum Gasteiger partial charge on any atom is -0.493 e. The molecule has 4 rings (SSSR count). The first-order valence-electron chi connectivity index (χ1n) is 11.3. The third-order valence-corrected chi connectivity index (χ3v) is 5.66. The first-order valence-corrected chi connectivity index (χ1v) is 11.3. The zero-order chi connectivity index (χ0) is 28.5. The molecule has 0 amide bonds. The average molecular weight is 561 g/mol. The van der Waals surface area contributed by atoms with Gasteiger partial charge in [0.15, 0.2) is 17.3 Å². The second kappa shape index (κ2) is 10.6. The Morgan fingerprint density at radius 3 is 2.38 bits per heavy atom. The van der Waals surface area contributed by atoms with E-state index in [2.05, 4.69) is 14.9 Å². The van der Waals surface area contributed by atoms with E-state index in [0.717, 1.165) is 18.2 Å². The van der Waals surface area contributed by atoms with Crippen molar-refractivity contribution >= 4 is 5.97 Å².